The molecular formula is C19H22FN. The summed E-state index contributed by atoms with van der Waals surface area (Å²) in [5.74, 6) is 0.367. The maximum absolute atomic E-state index is 14.4. The molecule has 110 valence electrons. The van der Waals surface area contributed by atoms with E-state index in [2.05, 4.69) is 24.4 Å². The Balaban J connectivity index is 2.00. The second-order valence-corrected chi connectivity index (χ2v) is 5.97. The van der Waals surface area contributed by atoms with Crippen molar-refractivity contribution in [2.24, 2.45) is 5.92 Å². The van der Waals surface area contributed by atoms with E-state index in [-0.39, 0.29) is 11.7 Å². The first-order chi connectivity index (χ1) is 10.3. The van der Waals surface area contributed by atoms with Crippen LogP contribution in [0, 0.1) is 11.7 Å². The molecule has 1 saturated heterocycles. The molecule has 0 spiro atoms. The molecule has 1 aliphatic rings. The monoisotopic (exact) mass is 283 g/mol. The summed E-state index contributed by atoms with van der Waals surface area (Å²) in [7, 11) is 0. The van der Waals surface area contributed by atoms with Crippen molar-refractivity contribution in [1.82, 2.24) is 5.32 Å². The number of benzene rings is 2. The fraction of sp³-hybridized carbons (Fsp3) is 0.368. The average molecular weight is 283 g/mol. The Morgan fingerprint density at radius 1 is 1.05 bits per heavy atom. The molecule has 2 aromatic rings. The van der Waals surface area contributed by atoms with Crippen LogP contribution in [0.15, 0.2) is 54.6 Å². The Morgan fingerprint density at radius 2 is 1.76 bits per heavy atom. The van der Waals surface area contributed by atoms with Gasteiger partial charge >= 0.3 is 0 Å². The van der Waals surface area contributed by atoms with Crippen molar-refractivity contribution >= 4 is 0 Å². The molecule has 0 unspecified atom stereocenters. The van der Waals surface area contributed by atoms with E-state index in [9.17, 15) is 4.39 Å². The quantitative estimate of drug-likeness (QED) is 0.880. The maximum Gasteiger partial charge on any atom is 0.127 e. The Kier molecular flexibility index (Phi) is 4.35. The van der Waals surface area contributed by atoms with Crippen molar-refractivity contribution in [2.45, 2.75) is 31.7 Å². The zero-order chi connectivity index (χ0) is 14.7. The summed E-state index contributed by atoms with van der Waals surface area (Å²) in [6.07, 6.45) is 2.40. The van der Waals surface area contributed by atoms with Gasteiger partial charge in [-0.25, -0.2) is 4.39 Å². The third kappa shape index (κ3) is 3.01. The summed E-state index contributed by atoms with van der Waals surface area (Å²) in [6, 6.07) is 18.0. The van der Waals surface area contributed by atoms with Crippen LogP contribution in [-0.4, -0.2) is 12.6 Å². The Morgan fingerprint density at radius 3 is 2.43 bits per heavy atom. The highest BCUT2D eigenvalue weighted by atomic mass is 19.1. The first kappa shape index (κ1) is 14.3. The van der Waals surface area contributed by atoms with Crippen LogP contribution in [0.5, 0.6) is 0 Å². The van der Waals surface area contributed by atoms with Crippen LogP contribution < -0.4 is 5.32 Å². The van der Waals surface area contributed by atoms with Crippen LogP contribution in [-0.2, 0) is 0 Å². The highest BCUT2D eigenvalue weighted by Gasteiger charge is 2.31. The van der Waals surface area contributed by atoms with Crippen molar-refractivity contribution in [3.8, 4) is 0 Å². The van der Waals surface area contributed by atoms with Gasteiger partial charge in [0, 0.05) is 12.0 Å². The summed E-state index contributed by atoms with van der Waals surface area (Å²) < 4.78 is 14.4. The molecule has 0 saturated carbocycles. The topological polar surface area (TPSA) is 12.0 Å². The molecule has 1 heterocycles. The van der Waals surface area contributed by atoms with Gasteiger partial charge < -0.3 is 5.32 Å². The SMILES string of the molecule is C[C@H]([C@H](c1ccccc1)c1ccccc1F)[C@H]1CCCN1. The van der Waals surface area contributed by atoms with Gasteiger partial charge in [0.25, 0.3) is 0 Å². The number of nitrogens with one attached hydrogen (secondary N) is 1. The molecule has 2 aromatic carbocycles. The van der Waals surface area contributed by atoms with E-state index in [1.165, 1.54) is 18.4 Å². The highest BCUT2D eigenvalue weighted by molar-refractivity contribution is 5.34. The standard InChI is InChI=1S/C19H22FN/c1-14(18-12-7-13-21-18)19(15-8-3-2-4-9-15)16-10-5-6-11-17(16)20/h2-6,8-11,14,18-19,21H,7,12-13H2,1H3/t14-,18+,19+/m0/s1. The predicted molar refractivity (Wildman–Crippen MR) is 84.9 cm³/mol. The van der Waals surface area contributed by atoms with Gasteiger partial charge in [0.2, 0.25) is 0 Å². The first-order valence-corrected chi connectivity index (χ1v) is 7.80. The van der Waals surface area contributed by atoms with Crippen LogP contribution >= 0.6 is 0 Å². The smallest absolute Gasteiger partial charge is 0.127 e. The van der Waals surface area contributed by atoms with E-state index in [0.717, 1.165) is 12.1 Å². The van der Waals surface area contributed by atoms with Crippen molar-refractivity contribution in [3.63, 3.8) is 0 Å². The summed E-state index contributed by atoms with van der Waals surface area (Å²) in [6.45, 7) is 3.32. The van der Waals surface area contributed by atoms with E-state index < -0.39 is 0 Å². The second-order valence-electron chi connectivity index (χ2n) is 5.97. The molecule has 3 rings (SSSR count). The predicted octanol–water partition coefficient (Wildman–Crippen LogP) is 4.35. The molecule has 21 heavy (non-hydrogen) atoms. The van der Waals surface area contributed by atoms with Crippen molar-refractivity contribution in [3.05, 3.63) is 71.5 Å². The summed E-state index contributed by atoms with van der Waals surface area (Å²) in [4.78, 5) is 0. The molecule has 0 amide bonds. The third-order valence-electron chi connectivity index (χ3n) is 4.66. The lowest BCUT2D eigenvalue weighted by atomic mass is 9.77. The molecule has 1 fully saturated rings. The molecule has 0 aromatic heterocycles. The van der Waals surface area contributed by atoms with Crippen LogP contribution in [0.4, 0.5) is 4.39 Å². The molecular weight excluding hydrogens is 261 g/mol. The Bertz CT molecular complexity index is 575. The van der Waals surface area contributed by atoms with Crippen LogP contribution in [0.1, 0.15) is 36.8 Å². The Hall–Kier alpha value is -1.67. The van der Waals surface area contributed by atoms with Crippen molar-refractivity contribution in [2.75, 3.05) is 6.54 Å². The van der Waals surface area contributed by atoms with E-state index in [4.69, 9.17) is 0 Å². The van der Waals surface area contributed by atoms with Gasteiger partial charge in [0.05, 0.1) is 0 Å². The second kappa shape index (κ2) is 6.40. The number of rotatable bonds is 4. The number of hydrogen-bond acceptors (Lipinski definition) is 1. The average Bonchev–Trinajstić information content (AvgIpc) is 3.05. The molecule has 1 nitrogen and oxygen atoms in total. The van der Waals surface area contributed by atoms with Crippen LogP contribution in [0.3, 0.4) is 0 Å². The lowest BCUT2D eigenvalue weighted by Gasteiger charge is -2.30. The maximum atomic E-state index is 14.4. The van der Waals surface area contributed by atoms with Gasteiger partial charge in [-0.3, -0.25) is 0 Å². The van der Waals surface area contributed by atoms with Gasteiger partial charge in [-0.1, -0.05) is 55.5 Å². The zero-order valence-corrected chi connectivity index (χ0v) is 12.4. The van der Waals surface area contributed by atoms with Gasteiger partial charge in [-0.05, 0) is 42.5 Å². The van der Waals surface area contributed by atoms with Gasteiger partial charge in [-0.15, -0.1) is 0 Å². The fourth-order valence-corrected chi connectivity index (χ4v) is 3.55. The molecule has 1 N–H and O–H groups in total. The minimum Gasteiger partial charge on any atom is -0.314 e. The van der Waals surface area contributed by atoms with Gasteiger partial charge in [0.15, 0.2) is 0 Å². The van der Waals surface area contributed by atoms with E-state index >= 15 is 0 Å². The molecule has 1 aliphatic heterocycles. The van der Waals surface area contributed by atoms with Crippen LogP contribution in [0.2, 0.25) is 0 Å². The third-order valence-corrected chi connectivity index (χ3v) is 4.66. The lowest BCUT2D eigenvalue weighted by molar-refractivity contribution is 0.375. The molecule has 0 radical (unpaired) electrons. The Labute approximate surface area is 126 Å². The van der Waals surface area contributed by atoms with E-state index in [0.29, 0.717) is 12.0 Å². The summed E-state index contributed by atoms with van der Waals surface area (Å²) in [5, 5.41) is 3.57. The lowest BCUT2D eigenvalue weighted by Crippen LogP contribution is -2.33. The highest BCUT2D eigenvalue weighted by Crippen LogP contribution is 2.36. The van der Waals surface area contributed by atoms with Crippen molar-refractivity contribution in [1.29, 1.82) is 0 Å². The normalized spacial score (nSPS) is 21.1. The minimum atomic E-state index is -0.101. The van der Waals surface area contributed by atoms with Crippen LogP contribution in [0.25, 0.3) is 0 Å². The fourth-order valence-electron chi connectivity index (χ4n) is 3.55. The zero-order valence-electron chi connectivity index (χ0n) is 12.4. The molecule has 0 bridgehead atoms. The molecule has 0 aliphatic carbocycles. The first-order valence-electron chi connectivity index (χ1n) is 7.80. The van der Waals surface area contributed by atoms with E-state index in [1.54, 1.807) is 12.1 Å². The van der Waals surface area contributed by atoms with E-state index in [1.807, 2.05) is 30.3 Å². The molecule has 2 heteroatoms. The number of halogens is 1. The summed E-state index contributed by atoms with van der Waals surface area (Å²) in [5.41, 5.74) is 2.01. The largest absolute Gasteiger partial charge is 0.314 e. The van der Waals surface area contributed by atoms with Gasteiger partial charge in [-0.2, -0.15) is 0 Å². The molecule has 3 atom stereocenters. The summed E-state index contributed by atoms with van der Waals surface area (Å²) >= 11 is 0. The minimum absolute atomic E-state index is 0.1000. The number of hydrogen-bond donors (Lipinski definition) is 1. The van der Waals surface area contributed by atoms with Gasteiger partial charge in [0.1, 0.15) is 5.82 Å². The van der Waals surface area contributed by atoms with Crippen molar-refractivity contribution < 1.29 is 4.39 Å².